The summed E-state index contributed by atoms with van der Waals surface area (Å²) in [4.78, 5) is 11.1. The number of hydrogen-bond donors (Lipinski definition) is 2. The first-order valence-electron chi connectivity index (χ1n) is 6.11. The number of nitrogens with two attached hydrogens (primary N) is 1. The Morgan fingerprint density at radius 2 is 1.81 bits per heavy atom. The fraction of sp³-hybridized carbons (Fsp3) is 0.231. The molecule has 0 unspecified atom stereocenters. The third kappa shape index (κ3) is 3.43. The topological polar surface area (TPSA) is 72.9 Å². The zero-order valence-electron chi connectivity index (χ0n) is 11.3. The molecule has 2 rings (SSSR count). The van der Waals surface area contributed by atoms with E-state index in [9.17, 15) is 4.79 Å². The van der Waals surface area contributed by atoms with Crippen molar-refractivity contribution in [2.45, 2.75) is 19.8 Å². The number of nitrogens with zero attached hydrogens (tertiary/aromatic N) is 2. The zero-order chi connectivity index (χ0) is 15.7. The Hall–Kier alpha value is -1.43. The molecular weight excluding hydrogens is 335 g/mol. The smallest absolute Gasteiger partial charge is 0.317 e. The number of anilines is 1. The van der Waals surface area contributed by atoms with Gasteiger partial charge in [-0.3, -0.25) is 5.32 Å². The maximum Gasteiger partial charge on any atom is 0.317 e. The quantitative estimate of drug-likeness (QED) is 0.861. The first kappa shape index (κ1) is 15.9. The van der Waals surface area contributed by atoms with E-state index in [1.807, 2.05) is 13.8 Å². The first-order valence-corrected chi connectivity index (χ1v) is 7.24. The molecule has 3 N–H and O–H groups in total. The summed E-state index contributed by atoms with van der Waals surface area (Å²) in [6, 6.07) is 4.12. The number of primary amides is 1. The molecule has 1 heterocycles. The van der Waals surface area contributed by atoms with E-state index in [1.165, 1.54) is 4.68 Å². The van der Waals surface area contributed by atoms with E-state index in [1.54, 1.807) is 18.2 Å². The number of hydrogen-bond acceptors (Lipinski definition) is 2. The largest absolute Gasteiger partial charge is 0.351 e. The van der Waals surface area contributed by atoms with E-state index in [-0.39, 0.29) is 5.92 Å². The van der Waals surface area contributed by atoms with Crippen molar-refractivity contribution >= 4 is 46.7 Å². The number of benzene rings is 1. The van der Waals surface area contributed by atoms with Crippen LogP contribution < -0.4 is 11.1 Å². The van der Waals surface area contributed by atoms with Crippen molar-refractivity contribution in [1.29, 1.82) is 0 Å². The van der Waals surface area contributed by atoms with Crippen molar-refractivity contribution in [3.63, 3.8) is 0 Å². The average molecular weight is 348 g/mol. The van der Waals surface area contributed by atoms with Gasteiger partial charge in [0.05, 0.1) is 15.7 Å². The Bertz CT molecular complexity index is 674. The molecule has 0 radical (unpaired) electrons. The molecule has 2 amide bonds. The van der Waals surface area contributed by atoms with Crippen LogP contribution in [-0.4, -0.2) is 15.8 Å². The molecule has 0 fully saturated rings. The predicted molar refractivity (Wildman–Crippen MR) is 85.9 cm³/mol. The zero-order valence-corrected chi connectivity index (χ0v) is 13.6. The minimum Gasteiger partial charge on any atom is -0.351 e. The van der Waals surface area contributed by atoms with Crippen molar-refractivity contribution in [2.75, 3.05) is 5.32 Å². The third-order valence-electron chi connectivity index (χ3n) is 2.76. The molecule has 1 aromatic carbocycles. The molecule has 0 bridgehead atoms. The van der Waals surface area contributed by atoms with Crippen LogP contribution in [0.25, 0.3) is 5.69 Å². The molecule has 0 saturated carbocycles. The highest BCUT2D eigenvalue weighted by Gasteiger charge is 2.18. The molecule has 5 nitrogen and oxygen atoms in total. The van der Waals surface area contributed by atoms with Gasteiger partial charge >= 0.3 is 6.03 Å². The van der Waals surface area contributed by atoms with Gasteiger partial charge in [0, 0.05) is 11.1 Å². The van der Waals surface area contributed by atoms with Gasteiger partial charge in [-0.15, -0.1) is 0 Å². The number of nitrogens with one attached hydrogen (secondary N) is 1. The molecule has 21 heavy (non-hydrogen) atoms. The Labute approximate surface area is 137 Å². The van der Waals surface area contributed by atoms with E-state index in [0.717, 1.165) is 5.69 Å². The number of amides is 2. The van der Waals surface area contributed by atoms with Crippen molar-refractivity contribution in [3.05, 3.63) is 39.0 Å². The molecule has 8 heteroatoms. The van der Waals surface area contributed by atoms with E-state index < -0.39 is 6.03 Å². The number of halogens is 3. The van der Waals surface area contributed by atoms with Gasteiger partial charge in [-0.25, -0.2) is 9.48 Å². The third-order valence-corrected chi connectivity index (χ3v) is 3.56. The summed E-state index contributed by atoms with van der Waals surface area (Å²) in [5, 5.41) is 7.97. The molecule has 0 aliphatic carbocycles. The normalized spacial score (nSPS) is 11.0. The second kappa shape index (κ2) is 6.13. The van der Waals surface area contributed by atoms with Crippen molar-refractivity contribution in [2.24, 2.45) is 5.73 Å². The number of urea groups is 1. The molecule has 0 spiro atoms. The van der Waals surface area contributed by atoms with Crippen molar-refractivity contribution in [3.8, 4) is 5.69 Å². The number of carbonyl (C=O) groups excluding carboxylic acids is 1. The lowest BCUT2D eigenvalue weighted by atomic mass is 10.1. The Balaban J connectivity index is 2.64. The highest BCUT2D eigenvalue weighted by Crippen LogP contribution is 2.34. The van der Waals surface area contributed by atoms with E-state index in [4.69, 9.17) is 40.5 Å². The van der Waals surface area contributed by atoms with Crippen LogP contribution in [0.4, 0.5) is 10.6 Å². The fourth-order valence-electron chi connectivity index (χ4n) is 1.80. The summed E-state index contributed by atoms with van der Waals surface area (Å²) in [5.41, 5.74) is 6.37. The summed E-state index contributed by atoms with van der Waals surface area (Å²) in [6.07, 6.45) is 0. The Morgan fingerprint density at radius 1 is 1.24 bits per heavy atom. The lowest BCUT2D eigenvalue weighted by molar-refractivity contribution is 0.259. The predicted octanol–water partition coefficient (Wildman–Crippen LogP) is 4.45. The van der Waals surface area contributed by atoms with Crippen LogP contribution in [0.1, 0.15) is 25.5 Å². The molecule has 0 aliphatic rings. The summed E-state index contributed by atoms with van der Waals surface area (Å²) in [6.45, 7) is 3.96. The summed E-state index contributed by atoms with van der Waals surface area (Å²) >= 11 is 18.3. The van der Waals surface area contributed by atoms with Crippen LogP contribution in [0, 0.1) is 0 Å². The monoisotopic (exact) mass is 346 g/mol. The second-order valence-electron chi connectivity index (χ2n) is 4.73. The van der Waals surface area contributed by atoms with E-state index in [2.05, 4.69) is 10.4 Å². The molecule has 2 aromatic rings. The van der Waals surface area contributed by atoms with Crippen LogP contribution in [0.15, 0.2) is 18.2 Å². The van der Waals surface area contributed by atoms with Gasteiger partial charge < -0.3 is 5.73 Å². The highest BCUT2D eigenvalue weighted by molar-refractivity contribution is 6.40. The first-order chi connectivity index (χ1) is 9.79. The van der Waals surface area contributed by atoms with Gasteiger partial charge in [-0.2, -0.15) is 5.10 Å². The van der Waals surface area contributed by atoms with Gasteiger partial charge in [0.15, 0.2) is 0 Å². The highest BCUT2D eigenvalue weighted by atomic mass is 35.5. The minimum atomic E-state index is -0.701. The van der Waals surface area contributed by atoms with E-state index >= 15 is 0 Å². The summed E-state index contributed by atoms with van der Waals surface area (Å²) in [7, 11) is 0. The molecule has 112 valence electrons. The Kier molecular flexibility index (Phi) is 4.66. The molecule has 0 saturated heterocycles. The van der Waals surface area contributed by atoms with Crippen molar-refractivity contribution in [1.82, 2.24) is 9.78 Å². The molecular formula is C13H13Cl3N4O. The van der Waals surface area contributed by atoms with Crippen molar-refractivity contribution < 1.29 is 4.79 Å². The number of rotatable bonds is 3. The SMILES string of the molecule is CC(C)c1cc(NC(N)=O)n(-c2c(Cl)cc(Cl)cc2Cl)n1. The van der Waals surface area contributed by atoms with Gasteiger partial charge in [0.2, 0.25) is 0 Å². The van der Waals surface area contributed by atoms with Gasteiger partial charge in [0.25, 0.3) is 0 Å². The summed E-state index contributed by atoms with van der Waals surface area (Å²) in [5.74, 6) is 0.543. The van der Waals surface area contributed by atoms with Crippen LogP contribution in [-0.2, 0) is 0 Å². The summed E-state index contributed by atoms with van der Waals surface area (Å²) < 4.78 is 1.45. The lowest BCUT2D eigenvalue weighted by Gasteiger charge is -2.11. The number of carbonyl (C=O) groups is 1. The molecule has 0 atom stereocenters. The van der Waals surface area contributed by atoms with Crippen LogP contribution >= 0.6 is 34.8 Å². The fourth-order valence-corrected chi connectivity index (χ4v) is 2.78. The lowest BCUT2D eigenvalue weighted by Crippen LogP contribution is -2.21. The maximum atomic E-state index is 11.1. The second-order valence-corrected chi connectivity index (χ2v) is 5.98. The van der Waals surface area contributed by atoms with Gasteiger partial charge in [0.1, 0.15) is 11.5 Å². The molecule has 1 aromatic heterocycles. The minimum absolute atomic E-state index is 0.157. The number of aromatic nitrogens is 2. The van der Waals surface area contributed by atoms with Crippen LogP contribution in [0.3, 0.4) is 0 Å². The maximum absolute atomic E-state index is 11.1. The van der Waals surface area contributed by atoms with Crippen LogP contribution in [0.2, 0.25) is 15.1 Å². The molecule has 0 aliphatic heterocycles. The van der Waals surface area contributed by atoms with E-state index in [0.29, 0.717) is 26.6 Å². The average Bonchev–Trinajstić information content (AvgIpc) is 2.71. The van der Waals surface area contributed by atoms with Gasteiger partial charge in [-0.05, 0) is 18.1 Å². The standard InChI is InChI=1S/C13H13Cl3N4O/c1-6(2)10-5-11(18-13(17)21)20(19-10)12-8(15)3-7(14)4-9(12)16/h3-6H,1-2H3,(H3,17,18,21). The Morgan fingerprint density at radius 3 is 2.29 bits per heavy atom. The van der Waals surface area contributed by atoms with Crippen LogP contribution in [0.5, 0.6) is 0 Å². The van der Waals surface area contributed by atoms with Gasteiger partial charge in [-0.1, -0.05) is 48.7 Å².